The SMILES string of the molecule is CCc1nc(C(=O)NCc2ccccc2OC)c(N)nc1-n1nccn1. The quantitative estimate of drug-likeness (QED) is 0.681. The summed E-state index contributed by atoms with van der Waals surface area (Å²) in [5.41, 5.74) is 7.46. The molecule has 134 valence electrons. The van der Waals surface area contributed by atoms with Crippen molar-refractivity contribution in [1.29, 1.82) is 0 Å². The number of aromatic nitrogens is 5. The number of rotatable bonds is 6. The van der Waals surface area contributed by atoms with Gasteiger partial charge in [-0.3, -0.25) is 4.79 Å². The number of nitrogen functional groups attached to an aromatic ring is 1. The summed E-state index contributed by atoms with van der Waals surface area (Å²) in [6, 6.07) is 7.44. The highest BCUT2D eigenvalue weighted by Crippen LogP contribution is 2.18. The minimum atomic E-state index is -0.407. The second-order valence-corrected chi connectivity index (χ2v) is 5.39. The number of carbonyl (C=O) groups excluding carboxylic acids is 1. The van der Waals surface area contributed by atoms with Crippen molar-refractivity contribution < 1.29 is 9.53 Å². The highest BCUT2D eigenvalue weighted by molar-refractivity contribution is 5.96. The Morgan fingerprint density at radius 3 is 2.65 bits per heavy atom. The summed E-state index contributed by atoms with van der Waals surface area (Å²) >= 11 is 0. The van der Waals surface area contributed by atoms with Gasteiger partial charge in [0.1, 0.15) is 5.75 Å². The molecule has 9 nitrogen and oxygen atoms in total. The van der Waals surface area contributed by atoms with E-state index in [4.69, 9.17) is 10.5 Å². The first kappa shape index (κ1) is 17.3. The Morgan fingerprint density at radius 2 is 1.96 bits per heavy atom. The number of para-hydroxylation sites is 1. The number of nitrogens with zero attached hydrogens (tertiary/aromatic N) is 5. The number of amides is 1. The molecule has 0 saturated carbocycles. The second-order valence-electron chi connectivity index (χ2n) is 5.39. The van der Waals surface area contributed by atoms with E-state index in [9.17, 15) is 4.79 Å². The third kappa shape index (κ3) is 3.46. The van der Waals surface area contributed by atoms with E-state index in [0.29, 0.717) is 23.7 Å². The first-order valence-electron chi connectivity index (χ1n) is 8.07. The number of nitrogens with one attached hydrogen (secondary N) is 1. The maximum absolute atomic E-state index is 12.5. The molecule has 0 aliphatic carbocycles. The van der Waals surface area contributed by atoms with E-state index >= 15 is 0 Å². The summed E-state index contributed by atoms with van der Waals surface area (Å²) in [5.74, 6) is 0.722. The molecule has 0 saturated heterocycles. The van der Waals surface area contributed by atoms with E-state index in [-0.39, 0.29) is 18.1 Å². The van der Waals surface area contributed by atoms with Gasteiger partial charge in [0.05, 0.1) is 25.2 Å². The number of anilines is 1. The monoisotopic (exact) mass is 353 g/mol. The predicted octanol–water partition coefficient (Wildman–Crippen LogP) is 1.14. The van der Waals surface area contributed by atoms with Crippen molar-refractivity contribution in [3.63, 3.8) is 0 Å². The van der Waals surface area contributed by atoms with Crippen molar-refractivity contribution in [2.24, 2.45) is 0 Å². The van der Waals surface area contributed by atoms with Crippen LogP contribution in [0.5, 0.6) is 5.75 Å². The molecule has 3 rings (SSSR count). The zero-order chi connectivity index (χ0) is 18.5. The van der Waals surface area contributed by atoms with Gasteiger partial charge in [0.15, 0.2) is 17.3 Å². The average Bonchev–Trinajstić information content (AvgIpc) is 3.20. The number of methoxy groups -OCH3 is 1. The van der Waals surface area contributed by atoms with Crippen molar-refractivity contribution in [2.75, 3.05) is 12.8 Å². The van der Waals surface area contributed by atoms with Gasteiger partial charge in [0.25, 0.3) is 5.91 Å². The lowest BCUT2D eigenvalue weighted by Gasteiger charge is -2.12. The molecule has 0 unspecified atom stereocenters. The average molecular weight is 353 g/mol. The number of nitrogens with two attached hydrogens (primary N) is 1. The molecule has 0 radical (unpaired) electrons. The van der Waals surface area contributed by atoms with Crippen LogP contribution in [0.25, 0.3) is 5.82 Å². The Balaban J connectivity index is 1.83. The smallest absolute Gasteiger partial charge is 0.274 e. The lowest BCUT2D eigenvalue weighted by atomic mass is 10.2. The van der Waals surface area contributed by atoms with Gasteiger partial charge in [-0.2, -0.15) is 10.2 Å². The number of benzene rings is 1. The van der Waals surface area contributed by atoms with Crippen LogP contribution in [0.4, 0.5) is 5.82 Å². The summed E-state index contributed by atoms with van der Waals surface area (Å²) in [7, 11) is 1.58. The summed E-state index contributed by atoms with van der Waals surface area (Å²) < 4.78 is 5.28. The number of hydrogen-bond donors (Lipinski definition) is 2. The zero-order valence-electron chi connectivity index (χ0n) is 14.5. The Morgan fingerprint density at radius 1 is 1.23 bits per heavy atom. The topological polar surface area (TPSA) is 121 Å². The van der Waals surface area contributed by atoms with E-state index in [2.05, 4.69) is 25.5 Å². The molecule has 0 atom stereocenters. The van der Waals surface area contributed by atoms with Crippen LogP contribution in [0.2, 0.25) is 0 Å². The summed E-state index contributed by atoms with van der Waals surface area (Å²) in [6.07, 6.45) is 3.62. The van der Waals surface area contributed by atoms with E-state index in [1.807, 2.05) is 31.2 Å². The number of ether oxygens (including phenoxy) is 1. The first-order valence-corrected chi connectivity index (χ1v) is 8.07. The minimum Gasteiger partial charge on any atom is -0.496 e. The van der Waals surface area contributed by atoms with E-state index in [1.54, 1.807) is 7.11 Å². The largest absolute Gasteiger partial charge is 0.496 e. The van der Waals surface area contributed by atoms with E-state index < -0.39 is 5.91 Å². The van der Waals surface area contributed by atoms with Crippen molar-refractivity contribution in [2.45, 2.75) is 19.9 Å². The Labute approximate surface area is 150 Å². The van der Waals surface area contributed by atoms with Gasteiger partial charge in [-0.05, 0) is 12.5 Å². The molecule has 0 aliphatic heterocycles. The van der Waals surface area contributed by atoms with Crippen molar-refractivity contribution >= 4 is 11.7 Å². The van der Waals surface area contributed by atoms with Crippen LogP contribution in [0.3, 0.4) is 0 Å². The molecule has 1 aromatic carbocycles. The fraction of sp³-hybridized carbons (Fsp3) is 0.235. The van der Waals surface area contributed by atoms with Gasteiger partial charge in [-0.15, -0.1) is 4.80 Å². The van der Waals surface area contributed by atoms with Crippen molar-refractivity contribution in [1.82, 2.24) is 30.3 Å². The van der Waals surface area contributed by atoms with Crippen LogP contribution in [0, 0.1) is 0 Å². The predicted molar refractivity (Wildman–Crippen MR) is 94.9 cm³/mol. The molecule has 2 heterocycles. The summed E-state index contributed by atoms with van der Waals surface area (Å²) in [5, 5.41) is 10.9. The molecule has 2 aromatic heterocycles. The summed E-state index contributed by atoms with van der Waals surface area (Å²) in [6.45, 7) is 2.19. The van der Waals surface area contributed by atoms with Crippen molar-refractivity contribution in [3.05, 3.63) is 53.6 Å². The van der Waals surface area contributed by atoms with Crippen LogP contribution in [-0.2, 0) is 13.0 Å². The normalized spacial score (nSPS) is 10.5. The molecule has 3 aromatic rings. The molecule has 26 heavy (non-hydrogen) atoms. The van der Waals surface area contributed by atoms with Gasteiger partial charge in [0, 0.05) is 12.1 Å². The molecule has 1 amide bonds. The molecular weight excluding hydrogens is 334 g/mol. The lowest BCUT2D eigenvalue weighted by molar-refractivity contribution is 0.0946. The fourth-order valence-electron chi connectivity index (χ4n) is 2.47. The minimum absolute atomic E-state index is 0.0204. The second kappa shape index (κ2) is 7.60. The van der Waals surface area contributed by atoms with Gasteiger partial charge < -0.3 is 15.8 Å². The molecule has 0 aliphatic rings. The number of carbonyl (C=O) groups is 1. The maximum Gasteiger partial charge on any atom is 0.274 e. The van der Waals surface area contributed by atoms with Gasteiger partial charge in [-0.25, -0.2) is 9.97 Å². The van der Waals surface area contributed by atoms with Crippen LogP contribution in [-0.4, -0.2) is 38.0 Å². The van der Waals surface area contributed by atoms with Crippen LogP contribution in [0.15, 0.2) is 36.7 Å². The zero-order valence-corrected chi connectivity index (χ0v) is 14.5. The van der Waals surface area contributed by atoms with Crippen LogP contribution in [0.1, 0.15) is 28.7 Å². The van der Waals surface area contributed by atoms with E-state index in [1.165, 1.54) is 17.2 Å². The maximum atomic E-state index is 12.5. The lowest BCUT2D eigenvalue weighted by Crippen LogP contribution is -2.27. The van der Waals surface area contributed by atoms with Gasteiger partial charge in [-0.1, -0.05) is 25.1 Å². The van der Waals surface area contributed by atoms with Crippen molar-refractivity contribution in [3.8, 4) is 11.6 Å². The molecule has 0 spiro atoms. The molecule has 9 heteroatoms. The fourth-order valence-corrected chi connectivity index (χ4v) is 2.47. The van der Waals surface area contributed by atoms with Gasteiger partial charge >= 0.3 is 0 Å². The number of hydrogen-bond acceptors (Lipinski definition) is 7. The van der Waals surface area contributed by atoms with Crippen LogP contribution < -0.4 is 15.8 Å². The highest BCUT2D eigenvalue weighted by Gasteiger charge is 2.19. The highest BCUT2D eigenvalue weighted by atomic mass is 16.5. The number of aryl methyl sites for hydroxylation is 1. The molecular formula is C17H19N7O2. The van der Waals surface area contributed by atoms with Gasteiger partial charge in [0.2, 0.25) is 0 Å². The molecule has 0 fully saturated rings. The third-order valence-corrected chi connectivity index (χ3v) is 3.76. The Bertz CT molecular complexity index is 909. The molecule has 0 bridgehead atoms. The Kier molecular flexibility index (Phi) is 5.07. The van der Waals surface area contributed by atoms with E-state index in [0.717, 1.165) is 5.56 Å². The Hall–Kier alpha value is -3.49. The first-order chi connectivity index (χ1) is 12.6. The standard InChI is InChI=1S/C17H19N7O2/c1-3-12-16(24-20-8-9-21-24)23-15(18)14(22-12)17(25)19-10-11-6-4-5-7-13(11)26-2/h4-9H,3,10H2,1-2H3,(H2,18,23)(H,19,25). The van der Waals surface area contributed by atoms with Crippen LogP contribution >= 0.6 is 0 Å². The molecule has 3 N–H and O–H groups in total. The third-order valence-electron chi connectivity index (χ3n) is 3.76. The summed E-state index contributed by atoms with van der Waals surface area (Å²) in [4.78, 5) is 22.5.